The molecule has 0 bridgehead atoms. The van der Waals surface area contributed by atoms with Crippen LogP contribution in [0.4, 0.5) is 17.6 Å². The number of rotatable bonds is 39. The molecule has 1 N–H and O–H groups in total. The van der Waals surface area contributed by atoms with Crippen molar-refractivity contribution in [2.24, 2.45) is 17.8 Å². The summed E-state index contributed by atoms with van der Waals surface area (Å²) in [7, 11) is 9.41. The molecule has 3 saturated carbocycles. The van der Waals surface area contributed by atoms with E-state index in [1.54, 1.807) is 120 Å². The van der Waals surface area contributed by atoms with E-state index in [1.165, 1.54) is 87.1 Å². The summed E-state index contributed by atoms with van der Waals surface area (Å²) in [6.45, 7) is 24.6. The standard InChI is InChI=1S/C30H40FN5O2.C27H34FN3O3.2C26H32FN3O3/c1-4-14-36-27-12-11-23(19-32-13-7-16-34-15-6-10-29(34)37)17-26(27)33-28(36)21-35(20-22(2)3)30(38)24-8-5-9-25(31)18-24;1-18(2)13-14-30(27(32)22-16-21(33-3)10-12-25(22)34-4)17-26-29-23-15-19(28)9-11-24(23)31(26)20-7-5-6-8-20;1-17(2)15-29(26(31)21-14-20(32-3)10-12-24(21)33-4)16-25-28-22-13-18(27)9-11-23(22)30(25)19-7-5-6-8-19;1-4-5-14-29(26(31)21-16-20(32-2)11-13-24(21)33-3)17-25-28-22-15-18(27)10-12-23(22)30(25)19-8-6-7-9-19/h5,8-9,11-12,17-18,22,32H,4,6-7,10,13-16,19-21H2,1-3H3;9-12,15-16,18,20H,5-8,13-14,17H2,1-4H3;9-14,17,19H,5-8,15-16H2,1-4H3;10-13,15-16,19H,4-9,14,17H2,1-3H3. The Balaban J connectivity index is 0.000000156. The molecule has 5 amide bonds. The highest BCUT2D eigenvalue weighted by Gasteiger charge is 2.34. The lowest BCUT2D eigenvalue weighted by Crippen LogP contribution is -2.35. The zero-order chi connectivity index (χ0) is 98.2. The number of unbranched alkanes of at least 4 members (excludes halogenated alkanes) is 1. The van der Waals surface area contributed by atoms with E-state index in [-0.39, 0.29) is 58.8 Å². The van der Waals surface area contributed by atoms with Gasteiger partial charge in [0.1, 0.15) is 81.1 Å². The average Bonchev–Trinajstić information content (AvgIpc) is 1.61. The minimum Gasteiger partial charge on any atom is -0.497 e. The zero-order valence-corrected chi connectivity index (χ0v) is 82.8. The molecule has 1 saturated heterocycles. The van der Waals surface area contributed by atoms with Crippen LogP contribution in [0.3, 0.4) is 0 Å². The first-order chi connectivity index (χ1) is 66.7. The monoisotopic (exact) mass is 1900 g/mol. The average molecular weight is 1900 g/mol. The first-order valence-electron chi connectivity index (χ1n) is 49.3. The van der Waals surface area contributed by atoms with E-state index in [9.17, 15) is 41.5 Å². The number of amides is 5. The number of halogens is 4. The fourth-order valence-corrected chi connectivity index (χ4v) is 19.4. The Morgan fingerprint density at radius 2 is 0.819 bits per heavy atom. The Morgan fingerprint density at radius 3 is 1.22 bits per heavy atom. The van der Waals surface area contributed by atoms with Crippen molar-refractivity contribution in [2.75, 3.05) is 88.5 Å². The molecule has 5 heterocycles. The predicted molar refractivity (Wildman–Crippen MR) is 532 cm³/mol. The number of fused-ring (bicyclic) bond motifs is 4. The number of hydrogen-bond acceptors (Lipinski definition) is 16. The molecule has 29 heteroatoms. The van der Waals surface area contributed by atoms with E-state index in [0.29, 0.717) is 156 Å². The van der Waals surface area contributed by atoms with E-state index in [0.717, 1.165) is 166 Å². The van der Waals surface area contributed by atoms with Gasteiger partial charge in [0.2, 0.25) is 5.91 Å². The number of aryl methyl sites for hydroxylation is 1. The number of methoxy groups -OCH3 is 6. The van der Waals surface area contributed by atoms with Crippen LogP contribution in [0, 0.1) is 41.0 Å². The maximum Gasteiger partial charge on any atom is 0.258 e. The molecule has 738 valence electrons. The summed E-state index contributed by atoms with van der Waals surface area (Å²) in [6.07, 6.45) is 19.7. The van der Waals surface area contributed by atoms with Crippen LogP contribution in [0.15, 0.2) is 152 Å². The molecule has 4 aromatic heterocycles. The fraction of sp³-hybridized carbons (Fsp3) is 0.477. The Morgan fingerprint density at radius 1 is 0.413 bits per heavy atom. The third kappa shape index (κ3) is 25.9. The summed E-state index contributed by atoms with van der Waals surface area (Å²) in [6, 6.07) is 43.3. The van der Waals surface area contributed by atoms with E-state index >= 15 is 0 Å². The Hall–Kier alpha value is -12.5. The molecule has 12 aromatic rings. The van der Waals surface area contributed by atoms with Gasteiger partial charge < -0.3 is 76.5 Å². The number of nitrogens with one attached hydrogen (secondary N) is 1. The number of benzene rings is 8. The summed E-state index contributed by atoms with van der Waals surface area (Å²) >= 11 is 0. The second-order valence-corrected chi connectivity index (χ2v) is 37.8. The fourth-order valence-electron chi connectivity index (χ4n) is 19.4. The van der Waals surface area contributed by atoms with Gasteiger partial charge in [0.15, 0.2) is 0 Å². The smallest absolute Gasteiger partial charge is 0.258 e. The van der Waals surface area contributed by atoms with Crippen molar-refractivity contribution in [1.29, 1.82) is 0 Å². The number of nitrogens with zero attached hydrogens (tertiary/aromatic N) is 13. The summed E-state index contributed by atoms with van der Waals surface area (Å²) in [5.41, 5.74) is 9.54. The van der Waals surface area contributed by atoms with Crippen LogP contribution < -0.4 is 33.7 Å². The molecule has 0 radical (unpaired) electrons. The molecule has 138 heavy (non-hydrogen) atoms. The maximum absolute atomic E-state index is 14.0. The van der Waals surface area contributed by atoms with Crippen molar-refractivity contribution in [2.45, 2.75) is 235 Å². The number of ether oxygens (including phenoxy) is 6. The molecule has 0 atom stereocenters. The number of aromatic nitrogens is 8. The molecular formula is C109H138F4N14O11. The summed E-state index contributed by atoms with van der Waals surface area (Å²) in [5.74, 6) is 5.86. The quantitative estimate of drug-likeness (QED) is 0.0278. The maximum atomic E-state index is 14.0. The van der Waals surface area contributed by atoms with Gasteiger partial charge in [0.25, 0.3) is 23.6 Å². The number of hydrogen-bond donors (Lipinski definition) is 1. The van der Waals surface area contributed by atoms with E-state index in [2.05, 4.69) is 97.2 Å². The lowest BCUT2D eigenvalue weighted by Gasteiger charge is -2.27. The second-order valence-electron chi connectivity index (χ2n) is 37.8. The van der Waals surface area contributed by atoms with Gasteiger partial charge in [-0.15, -0.1) is 0 Å². The van der Waals surface area contributed by atoms with Crippen molar-refractivity contribution in [3.63, 3.8) is 0 Å². The van der Waals surface area contributed by atoms with Crippen LogP contribution in [0.2, 0.25) is 0 Å². The summed E-state index contributed by atoms with van der Waals surface area (Å²) in [5, 5.41) is 3.49. The minimum absolute atomic E-state index is 0.129. The molecule has 8 aromatic carbocycles. The predicted octanol–water partition coefficient (Wildman–Crippen LogP) is 22.3. The highest BCUT2D eigenvalue weighted by atomic mass is 19.1. The van der Waals surface area contributed by atoms with Crippen molar-refractivity contribution in [1.82, 2.24) is 68.0 Å². The molecule has 25 nitrogen and oxygen atoms in total. The number of carbonyl (C=O) groups excluding carboxylic acids is 5. The largest absolute Gasteiger partial charge is 0.497 e. The highest BCUT2D eigenvalue weighted by Crippen LogP contribution is 2.40. The van der Waals surface area contributed by atoms with Gasteiger partial charge in [0.05, 0.1) is 130 Å². The first kappa shape index (κ1) is 103. The summed E-state index contributed by atoms with van der Waals surface area (Å²) < 4.78 is 97.1. The van der Waals surface area contributed by atoms with Crippen LogP contribution in [-0.4, -0.2) is 181 Å². The van der Waals surface area contributed by atoms with Crippen LogP contribution >= 0.6 is 0 Å². The lowest BCUT2D eigenvalue weighted by molar-refractivity contribution is -0.127. The molecule has 0 spiro atoms. The normalized spacial score (nSPS) is 14.0. The van der Waals surface area contributed by atoms with Crippen molar-refractivity contribution < 1.29 is 70.0 Å². The first-order valence-corrected chi connectivity index (χ1v) is 49.3. The van der Waals surface area contributed by atoms with Crippen LogP contribution in [0.5, 0.6) is 34.5 Å². The summed E-state index contributed by atoms with van der Waals surface area (Å²) in [4.78, 5) is 94.9. The number of likely N-dealkylation sites (tertiary alicyclic amines) is 1. The Bertz CT molecular complexity index is 6130. The molecule has 4 aliphatic rings. The van der Waals surface area contributed by atoms with Gasteiger partial charge in [0, 0.05) is 101 Å². The topological polar surface area (TPSA) is 240 Å². The van der Waals surface area contributed by atoms with Crippen LogP contribution in [0.1, 0.15) is 266 Å². The van der Waals surface area contributed by atoms with Gasteiger partial charge in [-0.25, -0.2) is 37.5 Å². The van der Waals surface area contributed by atoms with Crippen molar-refractivity contribution >= 4 is 73.7 Å². The van der Waals surface area contributed by atoms with Crippen LogP contribution in [0.25, 0.3) is 44.1 Å². The Labute approximate surface area is 808 Å². The molecule has 16 rings (SSSR count). The van der Waals surface area contributed by atoms with Crippen LogP contribution in [-0.2, 0) is 44.1 Å². The molecule has 3 aliphatic carbocycles. The van der Waals surface area contributed by atoms with Crippen molar-refractivity contribution in [3.8, 4) is 34.5 Å². The van der Waals surface area contributed by atoms with Gasteiger partial charge in [-0.3, -0.25) is 24.0 Å². The van der Waals surface area contributed by atoms with Crippen molar-refractivity contribution in [3.05, 3.63) is 226 Å². The van der Waals surface area contributed by atoms with E-state index in [1.807, 2.05) is 31.7 Å². The third-order valence-corrected chi connectivity index (χ3v) is 26.3. The van der Waals surface area contributed by atoms with Gasteiger partial charge in [-0.2, -0.15) is 0 Å². The number of imidazole rings is 4. The molecule has 0 unspecified atom stereocenters. The molecular weight excluding hydrogens is 1760 g/mol. The lowest BCUT2D eigenvalue weighted by atomic mass is 10.1. The second kappa shape index (κ2) is 49.2. The minimum atomic E-state index is -0.413. The SMILES string of the molecule is CCCCN(Cc1nc2cc(F)ccc2n1C1CCCC1)C(=O)c1cc(OC)ccc1OC.CCCn1c(CN(CC(C)C)C(=O)c2cccc(F)c2)nc2cc(CNCCCN3CCCC3=O)ccc21.COc1ccc(OC)c(C(=O)N(CCC(C)C)Cc2nc3cc(F)ccc3n2C2CCCC2)c1.COc1ccc(OC)c(C(=O)N(Cc2nc3cc(F)ccc3n2C2CCCC2)CC(C)C)c1. The highest BCUT2D eigenvalue weighted by molar-refractivity contribution is 5.99. The van der Waals surface area contributed by atoms with Gasteiger partial charge >= 0.3 is 0 Å². The third-order valence-electron chi connectivity index (χ3n) is 26.3. The van der Waals surface area contributed by atoms with E-state index in [4.69, 9.17) is 48.4 Å². The van der Waals surface area contributed by atoms with Gasteiger partial charge in [-0.1, -0.05) is 112 Å². The molecule has 1 aliphatic heterocycles. The zero-order valence-electron chi connectivity index (χ0n) is 82.8. The molecule has 4 fully saturated rings. The van der Waals surface area contributed by atoms with E-state index < -0.39 is 5.82 Å². The Kier molecular flexibility index (Phi) is 36.6. The van der Waals surface area contributed by atoms with Gasteiger partial charge in [-0.05, 0) is 222 Å². The number of carbonyl (C=O) groups is 5.